The molecular weight excluding hydrogens is 268 g/mol. The van der Waals surface area contributed by atoms with E-state index in [4.69, 9.17) is 11.6 Å². The highest BCUT2D eigenvalue weighted by molar-refractivity contribution is 6.30. The number of hydrogen-bond donors (Lipinski definition) is 1. The number of rotatable bonds is 4. The average molecular weight is 285 g/mol. The van der Waals surface area contributed by atoms with Crippen molar-refractivity contribution in [2.45, 2.75) is 13.5 Å². The fourth-order valence-electron chi connectivity index (χ4n) is 2.46. The molecule has 102 valence electrons. The maximum atomic E-state index is 5.88. The van der Waals surface area contributed by atoms with Gasteiger partial charge in [0.15, 0.2) is 0 Å². The summed E-state index contributed by atoms with van der Waals surface area (Å²) in [6.45, 7) is 3.98. The standard InChI is InChI=1S/C17H17ClN2/c1-13-3-2-4-17-16(13)9-11-20(17)12-10-19-15-7-5-14(18)6-8-15/h2-9,11,19H,10,12H2,1H3. The average Bonchev–Trinajstić information content (AvgIpc) is 2.86. The van der Waals surface area contributed by atoms with Crippen LogP contribution < -0.4 is 5.32 Å². The van der Waals surface area contributed by atoms with Crippen LogP contribution in [0.1, 0.15) is 5.56 Å². The molecule has 3 rings (SSSR count). The largest absolute Gasteiger partial charge is 0.383 e. The van der Waals surface area contributed by atoms with Crippen LogP contribution in [0.15, 0.2) is 54.7 Å². The molecule has 0 aliphatic rings. The predicted octanol–water partition coefficient (Wildman–Crippen LogP) is 4.72. The topological polar surface area (TPSA) is 17.0 Å². The van der Waals surface area contributed by atoms with Crippen molar-refractivity contribution in [3.05, 3.63) is 65.3 Å². The second-order valence-electron chi connectivity index (χ2n) is 4.95. The van der Waals surface area contributed by atoms with Gasteiger partial charge in [0, 0.05) is 40.9 Å². The summed E-state index contributed by atoms with van der Waals surface area (Å²) in [6.07, 6.45) is 2.15. The fourth-order valence-corrected chi connectivity index (χ4v) is 2.59. The highest BCUT2D eigenvalue weighted by Crippen LogP contribution is 2.19. The summed E-state index contributed by atoms with van der Waals surface area (Å²) in [5, 5.41) is 5.51. The lowest BCUT2D eigenvalue weighted by Crippen LogP contribution is -2.09. The number of hydrogen-bond acceptors (Lipinski definition) is 1. The van der Waals surface area contributed by atoms with Gasteiger partial charge in [0.05, 0.1) is 0 Å². The minimum Gasteiger partial charge on any atom is -0.383 e. The number of nitrogens with zero attached hydrogens (tertiary/aromatic N) is 1. The summed E-state index contributed by atoms with van der Waals surface area (Å²) in [4.78, 5) is 0. The number of anilines is 1. The van der Waals surface area contributed by atoms with E-state index in [1.807, 2.05) is 24.3 Å². The van der Waals surface area contributed by atoms with Crippen LogP contribution in [-0.4, -0.2) is 11.1 Å². The first kappa shape index (κ1) is 13.1. The van der Waals surface area contributed by atoms with Gasteiger partial charge in [-0.2, -0.15) is 0 Å². The van der Waals surface area contributed by atoms with E-state index in [9.17, 15) is 0 Å². The third-order valence-electron chi connectivity index (χ3n) is 3.56. The molecule has 0 saturated carbocycles. The molecule has 1 aromatic heterocycles. The number of fused-ring (bicyclic) bond motifs is 1. The Labute approximate surface area is 124 Å². The zero-order chi connectivity index (χ0) is 13.9. The Morgan fingerprint density at radius 1 is 1.05 bits per heavy atom. The highest BCUT2D eigenvalue weighted by atomic mass is 35.5. The Kier molecular flexibility index (Phi) is 3.66. The van der Waals surface area contributed by atoms with E-state index >= 15 is 0 Å². The SMILES string of the molecule is Cc1cccc2c1ccn2CCNc1ccc(Cl)cc1. The molecule has 0 radical (unpaired) electrons. The van der Waals surface area contributed by atoms with Crippen molar-refractivity contribution >= 4 is 28.2 Å². The highest BCUT2D eigenvalue weighted by Gasteiger charge is 2.02. The first-order valence-electron chi connectivity index (χ1n) is 6.78. The van der Waals surface area contributed by atoms with E-state index in [-0.39, 0.29) is 0 Å². The minimum atomic E-state index is 0.766. The van der Waals surface area contributed by atoms with Gasteiger partial charge in [-0.15, -0.1) is 0 Å². The summed E-state index contributed by atoms with van der Waals surface area (Å²) in [6, 6.07) is 16.4. The van der Waals surface area contributed by atoms with Crippen molar-refractivity contribution in [1.82, 2.24) is 4.57 Å². The van der Waals surface area contributed by atoms with E-state index in [1.54, 1.807) is 0 Å². The van der Waals surface area contributed by atoms with Crippen LogP contribution in [0.2, 0.25) is 5.02 Å². The Balaban J connectivity index is 1.68. The summed E-state index contributed by atoms with van der Waals surface area (Å²) >= 11 is 5.88. The second kappa shape index (κ2) is 5.59. The first-order chi connectivity index (χ1) is 9.74. The van der Waals surface area contributed by atoms with Crippen LogP contribution in [0.4, 0.5) is 5.69 Å². The summed E-state index contributed by atoms with van der Waals surface area (Å²) in [7, 11) is 0. The molecule has 1 N–H and O–H groups in total. The van der Waals surface area contributed by atoms with Gasteiger partial charge in [-0.25, -0.2) is 0 Å². The molecule has 0 aliphatic carbocycles. The van der Waals surface area contributed by atoms with E-state index in [1.165, 1.54) is 16.5 Å². The van der Waals surface area contributed by atoms with Crippen molar-refractivity contribution in [3.8, 4) is 0 Å². The molecule has 0 aliphatic heterocycles. The van der Waals surface area contributed by atoms with Gasteiger partial charge < -0.3 is 9.88 Å². The molecular formula is C17H17ClN2. The van der Waals surface area contributed by atoms with Gasteiger partial charge in [0.2, 0.25) is 0 Å². The Hall–Kier alpha value is -1.93. The minimum absolute atomic E-state index is 0.766. The monoisotopic (exact) mass is 284 g/mol. The molecule has 0 unspecified atom stereocenters. The molecule has 2 nitrogen and oxygen atoms in total. The van der Waals surface area contributed by atoms with Crippen molar-refractivity contribution in [2.75, 3.05) is 11.9 Å². The molecule has 20 heavy (non-hydrogen) atoms. The van der Waals surface area contributed by atoms with Crippen molar-refractivity contribution in [2.24, 2.45) is 0 Å². The molecule has 0 fully saturated rings. The van der Waals surface area contributed by atoms with Gasteiger partial charge in [0.25, 0.3) is 0 Å². The number of aromatic nitrogens is 1. The second-order valence-corrected chi connectivity index (χ2v) is 5.39. The maximum Gasteiger partial charge on any atom is 0.0483 e. The molecule has 0 saturated heterocycles. The van der Waals surface area contributed by atoms with Gasteiger partial charge >= 0.3 is 0 Å². The quantitative estimate of drug-likeness (QED) is 0.734. The van der Waals surface area contributed by atoms with Gasteiger partial charge in [-0.1, -0.05) is 23.7 Å². The normalized spacial score (nSPS) is 10.9. The fraction of sp³-hybridized carbons (Fsp3) is 0.176. The van der Waals surface area contributed by atoms with E-state index in [0.29, 0.717) is 0 Å². The van der Waals surface area contributed by atoms with Crippen LogP contribution in [-0.2, 0) is 6.54 Å². The molecule has 0 spiro atoms. The van der Waals surface area contributed by atoms with Gasteiger partial charge in [-0.05, 0) is 48.9 Å². The van der Waals surface area contributed by atoms with Crippen LogP contribution in [0.3, 0.4) is 0 Å². The molecule has 3 aromatic rings. The lowest BCUT2D eigenvalue weighted by Gasteiger charge is -2.09. The van der Waals surface area contributed by atoms with Crippen molar-refractivity contribution < 1.29 is 0 Å². The lowest BCUT2D eigenvalue weighted by atomic mass is 10.1. The third kappa shape index (κ3) is 2.66. The molecule has 3 heteroatoms. The molecule has 1 heterocycles. The first-order valence-corrected chi connectivity index (χ1v) is 7.16. The third-order valence-corrected chi connectivity index (χ3v) is 3.81. The molecule has 0 amide bonds. The van der Waals surface area contributed by atoms with Gasteiger partial charge in [-0.3, -0.25) is 0 Å². The predicted molar refractivity (Wildman–Crippen MR) is 86.6 cm³/mol. The Morgan fingerprint density at radius 2 is 1.85 bits per heavy atom. The summed E-state index contributed by atoms with van der Waals surface area (Å²) < 4.78 is 2.28. The smallest absolute Gasteiger partial charge is 0.0483 e. The molecule has 2 aromatic carbocycles. The zero-order valence-electron chi connectivity index (χ0n) is 11.4. The number of halogens is 1. The maximum absolute atomic E-state index is 5.88. The summed E-state index contributed by atoms with van der Waals surface area (Å²) in [5.41, 5.74) is 3.72. The number of benzene rings is 2. The zero-order valence-corrected chi connectivity index (χ0v) is 12.2. The van der Waals surface area contributed by atoms with Crippen LogP contribution in [0, 0.1) is 6.92 Å². The summed E-state index contributed by atoms with van der Waals surface area (Å²) in [5.74, 6) is 0. The van der Waals surface area contributed by atoms with E-state index in [2.05, 4.69) is 47.3 Å². The van der Waals surface area contributed by atoms with E-state index in [0.717, 1.165) is 23.8 Å². The van der Waals surface area contributed by atoms with Gasteiger partial charge in [0.1, 0.15) is 0 Å². The van der Waals surface area contributed by atoms with Crippen molar-refractivity contribution in [1.29, 1.82) is 0 Å². The van der Waals surface area contributed by atoms with Crippen molar-refractivity contribution in [3.63, 3.8) is 0 Å². The number of nitrogens with one attached hydrogen (secondary N) is 1. The number of aryl methyl sites for hydroxylation is 1. The van der Waals surface area contributed by atoms with Crippen LogP contribution in [0.5, 0.6) is 0 Å². The van der Waals surface area contributed by atoms with Crippen LogP contribution in [0.25, 0.3) is 10.9 Å². The van der Waals surface area contributed by atoms with E-state index < -0.39 is 0 Å². The lowest BCUT2D eigenvalue weighted by molar-refractivity contribution is 0.757. The molecule has 0 bridgehead atoms. The Bertz CT molecular complexity index is 713. The Morgan fingerprint density at radius 3 is 2.65 bits per heavy atom. The van der Waals surface area contributed by atoms with Crippen LogP contribution >= 0.6 is 11.6 Å². The molecule has 0 atom stereocenters.